The summed E-state index contributed by atoms with van der Waals surface area (Å²) in [6.45, 7) is 1.49. The molecule has 0 aliphatic rings. The largest absolute Gasteiger partial charge is 0.493 e. The number of methoxy groups -OCH3 is 2. The Bertz CT molecular complexity index is 1040. The van der Waals surface area contributed by atoms with Crippen LogP contribution in [-0.4, -0.2) is 47.1 Å². The molecule has 30 heavy (non-hydrogen) atoms. The van der Waals surface area contributed by atoms with Gasteiger partial charge in [0.1, 0.15) is 6.54 Å². The zero-order valence-corrected chi connectivity index (χ0v) is 19.6. The van der Waals surface area contributed by atoms with E-state index in [1.807, 2.05) is 6.92 Å². The lowest BCUT2D eigenvalue weighted by Gasteiger charge is -2.21. The Balaban J connectivity index is 2.21. The van der Waals surface area contributed by atoms with Crippen molar-refractivity contribution in [1.82, 2.24) is 5.43 Å². The van der Waals surface area contributed by atoms with Crippen LogP contribution in [0.3, 0.4) is 0 Å². The topological polar surface area (TPSA) is 97.3 Å². The van der Waals surface area contributed by atoms with E-state index in [0.29, 0.717) is 33.8 Å². The molecule has 1 amide bonds. The summed E-state index contributed by atoms with van der Waals surface area (Å²) < 4.78 is 36.6. The minimum atomic E-state index is -3.67. The van der Waals surface area contributed by atoms with Gasteiger partial charge in [0.25, 0.3) is 5.91 Å². The Hall–Kier alpha value is -2.59. The SMILES string of the molecule is CC/C(=N/NC(=O)CN(c1cccc(Br)c1)S(C)(=O)=O)c1ccc(OC)c(OC)c1. The maximum Gasteiger partial charge on any atom is 0.260 e. The first-order valence-corrected chi connectivity index (χ1v) is 11.6. The summed E-state index contributed by atoms with van der Waals surface area (Å²) in [6.07, 6.45) is 1.59. The molecule has 2 aromatic rings. The van der Waals surface area contributed by atoms with Gasteiger partial charge in [0.05, 0.1) is 31.9 Å². The number of hydrazone groups is 1. The van der Waals surface area contributed by atoms with Crippen LogP contribution in [0.2, 0.25) is 0 Å². The molecule has 1 N–H and O–H groups in total. The van der Waals surface area contributed by atoms with Crippen molar-refractivity contribution < 1.29 is 22.7 Å². The third-order valence-electron chi connectivity index (χ3n) is 4.15. The van der Waals surface area contributed by atoms with Gasteiger partial charge in [0.15, 0.2) is 11.5 Å². The van der Waals surface area contributed by atoms with Gasteiger partial charge in [0.2, 0.25) is 10.0 Å². The molecule has 0 saturated carbocycles. The molecule has 0 aliphatic carbocycles. The Labute approximate surface area is 185 Å². The highest BCUT2D eigenvalue weighted by Gasteiger charge is 2.21. The summed E-state index contributed by atoms with van der Waals surface area (Å²) in [5.74, 6) is 0.561. The van der Waals surface area contributed by atoms with Crippen LogP contribution in [0.5, 0.6) is 11.5 Å². The first kappa shape index (κ1) is 23.7. The number of benzene rings is 2. The Morgan fingerprint density at radius 3 is 2.40 bits per heavy atom. The summed E-state index contributed by atoms with van der Waals surface area (Å²) in [6, 6.07) is 12.0. The van der Waals surface area contributed by atoms with E-state index in [1.165, 1.54) is 7.11 Å². The molecule has 10 heteroatoms. The van der Waals surface area contributed by atoms with Gasteiger partial charge < -0.3 is 9.47 Å². The van der Waals surface area contributed by atoms with Crippen LogP contribution in [-0.2, 0) is 14.8 Å². The summed E-state index contributed by atoms with van der Waals surface area (Å²) in [7, 11) is -0.587. The van der Waals surface area contributed by atoms with Crippen molar-refractivity contribution in [1.29, 1.82) is 0 Å². The number of nitrogens with one attached hydrogen (secondary N) is 1. The van der Waals surface area contributed by atoms with Gasteiger partial charge in [-0.3, -0.25) is 9.10 Å². The first-order valence-electron chi connectivity index (χ1n) is 9.00. The molecule has 0 spiro atoms. The van der Waals surface area contributed by atoms with Gasteiger partial charge in [-0.1, -0.05) is 28.9 Å². The molecule has 0 unspecified atom stereocenters. The summed E-state index contributed by atoms with van der Waals surface area (Å²) in [4.78, 5) is 12.5. The molecular weight excluding hydrogens is 474 g/mol. The van der Waals surface area contributed by atoms with E-state index in [-0.39, 0.29) is 0 Å². The molecule has 2 rings (SSSR count). The minimum absolute atomic E-state index is 0.376. The standard InChI is InChI=1S/C20H24BrN3O5S/c1-5-17(14-9-10-18(28-2)19(11-14)29-3)22-23-20(25)13-24(30(4,26)27)16-8-6-7-15(21)12-16/h6-12H,5,13H2,1-4H3,(H,23,25)/b22-17-. The van der Waals surface area contributed by atoms with Crippen LogP contribution >= 0.6 is 15.9 Å². The van der Waals surface area contributed by atoms with Gasteiger partial charge in [0, 0.05) is 10.0 Å². The van der Waals surface area contributed by atoms with Crippen LogP contribution in [0.4, 0.5) is 5.69 Å². The van der Waals surface area contributed by atoms with Gasteiger partial charge in [-0.25, -0.2) is 13.8 Å². The minimum Gasteiger partial charge on any atom is -0.493 e. The van der Waals surface area contributed by atoms with Crippen molar-refractivity contribution in [2.24, 2.45) is 5.10 Å². The fraction of sp³-hybridized carbons (Fsp3) is 0.300. The second kappa shape index (κ2) is 10.4. The van der Waals surface area contributed by atoms with E-state index in [0.717, 1.165) is 16.1 Å². The summed E-state index contributed by atoms with van der Waals surface area (Å²) in [5.41, 5.74) is 4.18. The van der Waals surface area contributed by atoms with Crippen molar-refractivity contribution >= 4 is 43.3 Å². The van der Waals surface area contributed by atoms with Crippen molar-refractivity contribution in [2.75, 3.05) is 31.3 Å². The molecule has 0 saturated heterocycles. The number of rotatable bonds is 9. The van der Waals surface area contributed by atoms with Crippen LogP contribution < -0.4 is 19.2 Å². The quantitative estimate of drug-likeness (QED) is 0.423. The number of halogens is 1. The molecule has 0 radical (unpaired) electrons. The number of sulfonamides is 1. The molecule has 0 heterocycles. The molecule has 162 valence electrons. The highest BCUT2D eigenvalue weighted by atomic mass is 79.9. The van der Waals surface area contributed by atoms with Gasteiger partial charge in [-0.05, 0) is 42.8 Å². The zero-order valence-electron chi connectivity index (χ0n) is 17.2. The number of carbonyl (C=O) groups excluding carboxylic acids is 1. The number of carbonyl (C=O) groups is 1. The number of ether oxygens (including phenoxy) is 2. The van der Waals surface area contributed by atoms with E-state index < -0.39 is 22.5 Å². The monoisotopic (exact) mass is 497 g/mol. The fourth-order valence-electron chi connectivity index (χ4n) is 2.69. The smallest absolute Gasteiger partial charge is 0.260 e. The second-order valence-electron chi connectivity index (χ2n) is 6.27. The average molecular weight is 498 g/mol. The lowest BCUT2D eigenvalue weighted by atomic mass is 10.1. The van der Waals surface area contributed by atoms with E-state index >= 15 is 0 Å². The Kier molecular flexibility index (Phi) is 8.24. The van der Waals surface area contributed by atoms with Crippen LogP contribution in [0, 0.1) is 0 Å². The molecule has 0 atom stereocenters. The summed E-state index contributed by atoms with van der Waals surface area (Å²) in [5, 5.41) is 4.18. The molecule has 0 bridgehead atoms. The van der Waals surface area contributed by atoms with Gasteiger partial charge in [-0.15, -0.1) is 0 Å². The van der Waals surface area contributed by atoms with Crippen molar-refractivity contribution in [3.05, 3.63) is 52.5 Å². The van der Waals surface area contributed by atoms with Crippen LogP contribution in [0.15, 0.2) is 52.0 Å². The van der Waals surface area contributed by atoms with Gasteiger partial charge in [-0.2, -0.15) is 5.10 Å². The van der Waals surface area contributed by atoms with Crippen LogP contribution in [0.1, 0.15) is 18.9 Å². The van der Waals surface area contributed by atoms with Crippen molar-refractivity contribution in [2.45, 2.75) is 13.3 Å². The lowest BCUT2D eigenvalue weighted by molar-refractivity contribution is -0.119. The molecule has 0 aromatic heterocycles. The van der Waals surface area contributed by atoms with Crippen LogP contribution in [0.25, 0.3) is 0 Å². The molecule has 8 nitrogen and oxygen atoms in total. The third-order valence-corrected chi connectivity index (χ3v) is 5.78. The maximum atomic E-state index is 12.5. The first-order chi connectivity index (χ1) is 14.2. The number of anilines is 1. The highest BCUT2D eigenvalue weighted by Crippen LogP contribution is 2.28. The maximum absolute atomic E-state index is 12.5. The highest BCUT2D eigenvalue weighted by molar-refractivity contribution is 9.10. The molecular formula is C20H24BrN3O5S. The fourth-order valence-corrected chi connectivity index (χ4v) is 3.93. The number of hydrogen-bond acceptors (Lipinski definition) is 6. The summed E-state index contributed by atoms with van der Waals surface area (Å²) >= 11 is 3.31. The molecule has 0 aliphatic heterocycles. The number of hydrogen-bond donors (Lipinski definition) is 1. The Morgan fingerprint density at radius 2 is 1.83 bits per heavy atom. The van der Waals surface area contributed by atoms with Crippen molar-refractivity contribution in [3.63, 3.8) is 0 Å². The van der Waals surface area contributed by atoms with E-state index in [4.69, 9.17) is 9.47 Å². The molecule has 2 aromatic carbocycles. The lowest BCUT2D eigenvalue weighted by Crippen LogP contribution is -2.39. The second-order valence-corrected chi connectivity index (χ2v) is 9.09. The molecule has 0 fully saturated rings. The van der Waals surface area contributed by atoms with E-state index in [9.17, 15) is 13.2 Å². The van der Waals surface area contributed by atoms with E-state index in [1.54, 1.807) is 49.6 Å². The van der Waals surface area contributed by atoms with E-state index in [2.05, 4.69) is 26.5 Å². The average Bonchev–Trinajstić information content (AvgIpc) is 2.71. The van der Waals surface area contributed by atoms with Crippen molar-refractivity contribution in [3.8, 4) is 11.5 Å². The Morgan fingerprint density at radius 1 is 1.13 bits per heavy atom. The zero-order chi connectivity index (χ0) is 22.3. The predicted octanol–water partition coefficient (Wildman–Crippen LogP) is 3.16. The third kappa shape index (κ3) is 6.20. The normalized spacial score (nSPS) is 11.7. The predicted molar refractivity (Wildman–Crippen MR) is 121 cm³/mol. The number of nitrogens with zero attached hydrogens (tertiary/aromatic N) is 2. The number of amides is 1. The van der Waals surface area contributed by atoms with Gasteiger partial charge >= 0.3 is 0 Å².